The van der Waals surface area contributed by atoms with Gasteiger partial charge in [-0.05, 0) is 31.4 Å². The highest BCUT2D eigenvalue weighted by Crippen LogP contribution is 2.11. The molecule has 0 saturated carbocycles. The molecule has 0 aliphatic carbocycles. The molecule has 1 aromatic heterocycles. The lowest BCUT2D eigenvalue weighted by Crippen LogP contribution is -2.37. The number of nitrogens with zero attached hydrogens (tertiary/aromatic N) is 3. The third-order valence-corrected chi connectivity index (χ3v) is 4.00. The lowest BCUT2D eigenvalue weighted by Gasteiger charge is -2.14. The van der Waals surface area contributed by atoms with Crippen LogP contribution in [0.4, 0.5) is 5.82 Å². The number of rotatable bonds is 9. The Labute approximate surface area is 150 Å². The number of guanidine groups is 1. The van der Waals surface area contributed by atoms with Gasteiger partial charge in [-0.1, -0.05) is 6.07 Å². The maximum Gasteiger partial charge on any atom is 0.191 e. The van der Waals surface area contributed by atoms with E-state index in [2.05, 4.69) is 20.6 Å². The molecule has 0 aromatic carbocycles. The molecule has 1 unspecified atom stereocenters. The van der Waals surface area contributed by atoms with Crippen LogP contribution < -0.4 is 15.5 Å². The van der Waals surface area contributed by atoms with Gasteiger partial charge in [-0.2, -0.15) is 0 Å². The van der Waals surface area contributed by atoms with E-state index >= 15 is 0 Å². The first kappa shape index (κ1) is 19.5. The number of hydrogen-bond donors (Lipinski definition) is 2. The lowest BCUT2D eigenvalue weighted by molar-refractivity contribution is 0.0168. The molecule has 7 nitrogen and oxygen atoms in total. The van der Waals surface area contributed by atoms with Gasteiger partial charge in [-0.25, -0.2) is 4.98 Å². The second-order valence-corrected chi connectivity index (χ2v) is 6.30. The number of anilines is 1. The van der Waals surface area contributed by atoms with Gasteiger partial charge in [-0.15, -0.1) is 0 Å². The number of hydrogen-bond acceptors (Lipinski definition) is 5. The summed E-state index contributed by atoms with van der Waals surface area (Å²) in [6, 6.07) is 6.01. The second-order valence-electron chi connectivity index (χ2n) is 6.30. The van der Waals surface area contributed by atoms with Crippen molar-refractivity contribution in [1.82, 2.24) is 15.6 Å². The molecule has 1 aromatic rings. The smallest absolute Gasteiger partial charge is 0.191 e. The van der Waals surface area contributed by atoms with Crippen LogP contribution in [-0.2, 0) is 16.0 Å². The summed E-state index contributed by atoms with van der Waals surface area (Å²) in [4.78, 5) is 10.8. The van der Waals surface area contributed by atoms with Crippen molar-refractivity contribution in [2.24, 2.45) is 4.99 Å². The average Bonchev–Trinajstić information content (AvgIpc) is 3.14. The van der Waals surface area contributed by atoms with Gasteiger partial charge in [0, 0.05) is 40.9 Å². The molecule has 1 fully saturated rings. The van der Waals surface area contributed by atoms with Crippen molar-refractivity contribution in [3.63, 3.8) is 0 Å². The standard InChI is InChI=1S/C18H31N5O2/c1-19-18(20-10-6-11-24-14-16-8-5-12-25-16)21-13-15-7-4-9-17(22-15)23(2)3/h4,7,9,16H,5-6,8,10-14H2,1-3H3,(H2,19,20,21). The molecule has 2 N–H and O–H groups in total. The zero-order valence-electron chi connectivity index (χ0n) is 15.6. The van der Waals surface area contributed by atoms with Gasteiger partial charge in [-0.3, -0.25) is 4.99 Å². The molecule has 1 saturated heterocycles. The van der Waals surface area contributed by atoms with Crippen molar-refractivity contribution in [2.75, 3.05) is 52.4 Å². The number of ether oxygens (including phenoxy) is 2. The van der Waals surface area contributed by atoms with Crippen LogP contribution in [0.25, 0.3) is 0 Å². The van der Waals surface area contributed by atoms with Gasteiger partial charge < -0.3 is 25.0 Å². The maximum absolute atomic E-state index is 5.66. The fraction of sp³-hybridized carbons (Fsp3) is 0.667. The van der Waals surface area contributed by atoms with Crippen LogP contribution in [0.15, 0.2) is 23.2 Å². The van der Waals surface area contributed by atoms with Gasteiger partial charge >= 0.3 is 0 Å². The number of aromatic nitrogens is 1. The van der Waals surface area contributed by atoms with Gasteiger partial charge in [0.25, 0.3) is 0 Å². The Morgan fingerprint density at radius 2 is 2.28 bits per heavy atom. The predicted octanol–water partition coefficient (Wildman–Crippen LogP) is 1.40. The summed E-state index contributed by atoms with van der Waals surface area (Å²) in [6.07, 6.45) is 3.51. The highest BCUT2D eigenvalue weighted by molar-refractivity contribution is 5.79. The quantitative estimate of drug-likeness (QED) is 0.399. The molecule has 1 atom stereocenters. The normalized spacial score (nSPS) is 17.6. The summed E-state index contributed by atoms with van der Waals surface area (Å²) < 4.78 is 11.2. The summed E-state index contributed by atoms with van der Waals surface area (Å²) in [5.74, 6) is 1.72. The van der Waals surface area contributed by atoms with Crippen LogP contribution in [-0.4, -0.2) is 64.6 Å². The predicted molar refractivity (Wildman–Crippen MR) is 101 cm³/mol. The van der Waals surface area contributed by atoms with Gasteiger partial charge in [0.15, 0.2) is 5.96 Å². The molecule has 1 aliphatic rings. The zero-order chi connectivity index (χ0) is 17.9. The first-order valence-corrected chi connectivity index (χ1v) is 8.96. The van der Waals surface area contributed by atoms with Crippen molar-refractivity contribution in [2.45, 2.75) is 31.9 Å². The summed E-state index contributed by atoms with van der Waals surface area (Å²) in [5, 5.41) is 6.58. The van der Waals surface area contributed by atoms with E-state index in [-0.39, 0.29) is 0 Å². The molecule has 0 amide bonds. The Balaban J connectivity index is 1.59. The van der Waals surface area contributed by atoms with Crippen LogP contribution in [0.5, 0.6) is 0 Å². The molecular formula is C18H31N5O2. The minimum absolute atomic E-state index is 0.299. The van der Waals surface area contributed by atoms with E-state index in [1.165, 1.54) is 0 Å². The third kappa shape index (κ3) is 7.27. The molecule has 2 heterocycles. The minimum atomic E-state index is 0.299. The second kappa shape index (κ2) is 10.9. The molecule has 140 valence electrons. The number of pyridine rings is 1. The molecule has 0 bridgehead atoms. The number of aliphatic imine (C=N–C) groups is 1. The number of nitrogens with one attached hydrogen (secondary N) is 2. The summed E-state index contributed by atoms with van der Waals surface area (Å²) in [6.45, 7) is 3.77. The fourth-order valence-corrected chi connectivity index (χ4v) is 2.58. The third-order valence-electron chi connectivity index (χ3n) is 4.00. The van der Waals surface area contributed by atoms with E-state index < -0.39 is 0 Å². The van der Waals surface area contributed by atoms with Crippen molar-refractivity contribution in [3.8, 4) is 0 Å². The van der Waals surface area contributed by atoms with Gasteiger partial charge in [0.1, 0.15) is 5.82 Å². The monoisotopic (exact) mass is 349 g/mol. The van der Waals surface area contributed by atoms with E-state index in [0.29, 0.717) is 19.3 Å². The Hall–Kier alpha value is -1.86. The van der Waals surface area contributed by atoms with Gasteiger partial charge in [0.2, 0.25) is 0 Å². The van der Waals surface area contributed by atoms with Crippen molar-refractivity contribution >= 4 is 11.8 Å². The zero-order valence-corrected chi connectivity index (χ0v) is 15.6. The van der Waals surface area contributed by atoms with E-state index in [4.69, 9.17) is 9.47 Å². The van der Waals surface area contributed by atoms with Crippen LogP contribution in [0.1, 0.15) is 25.0 Å². The molecule has 0 spiro atoms. The first-order valence-electron chi connectivity index (χ1n) is 8.96. The van der Waals surface area contributed by atoms with Crippen molar-refractivity contribution in [1.29, 1.82) is 0 Å². The summed E-state index contributed by atoms with van der Waals surface area (Å²) >= 11 is 0. The van der Waals surface area contributed by atoms with E-state index in [1.54, 1.807) is 7.05 Å². The molecule has 25 heavy (non-hydrogen) atoms. The Morgan fingerprint density at radius 1 is 1.40 bits per heavy atom. The lowest BCUT2D eigenvalue weighted by atomic mass is 10.2. The van der Waals surface area contributed by atoms with Crippen LogP contribution >= 0.6 is 0 Å². The molecular weight excluding hydrogens is 318 g/mol. The first-order chi connectivity index (χ1) is 12.2. The molecule has 1 aliphatic heterocycles. The van der Waals surface area contributed by atoms with Crippen molar-refractivity contribution in [3.05, 3.63) is 23.9 Å². The molecule has 7 heteroatoms. The Kier molecular flexibility index (Phi) is 8.48. The van der Waals surface area contributed by atoms with Crippen LogP contribution in [0, 0.1) is 0 Å². The topological polar surface area (TPSA) is 71.0 Å². The summed E-state index contributed by atoms with van der Waals surface area (Å²) in [7, 11) is 5.74. The maximum atomic E-state index is 5.66. The SMILES string of the molecule is CN=C(NCCCOCC1CCCO1)NCc1cccc(N(C)C)n1. The van der Waals surface area contributed by atoms with Crippen LogP contribution in [0.3, 0.4) is 0 Å². The molecule has 2 rings (SSSR count). The summed E-state index contributed by atoms with van der Waals surface area (Å²) in [5.41, 5.74) is 0.981. The van der Waals surface area contributed by atoms with Crippen molar-refractivity contribution < 1.29 is 9.47 Å². The van der Waals surface area contributed by atoms with Crippen LogP contribution in [0.2, 0.25) is 0 Å². The Bertz CT molecular complexity index is 530. The highest BCUT2D eigenvalue weighted by Gasteiger charge is 2.14. The minimum Gasteiger partial charge on any atom is -0.379 e. The van der Waals surface area contributed by atoms with E-state index in [1.807, 2.05) is 37.2 Å². The fourth-order valence-electron chi connectivity index (χ4n) is 2.58. The average molecular weight is 349 g/mol. The molecule has 0 radical (unpaired) electrons. The van der Waals surface area contributed by atoms with E-state index in [9.17, 15) is 0 Å². The van der Waals surface area contributed by atoms with E-state index in [0.717, 1.165) is 56.5 Å². The Morgan fingerprint density at radius 3 is 3.00 bits per heavy atom. The highest BCUT2D eigenvalue weighted by atomic mass is 16.5. The largest absolute Gasteiger partial charge is 0.379 e. The van der Waals surface area contributed by atoms with Gasteiger partial charge in [0.05, 0.1) is 24.9 Å².